The van der Waals surface area contributed by atoms with Gasteiger partial charge in [0.2, 0.25) is 0 Å². The van der Waals surface area contributed by atoms with Gasteiger partial charge in [-0.1, -0.05) is 57.6 Å². The van der Waals surface area contributed by atoms with Crippen molar-refractivity contribution in [1.82, 2.24) is 4.98 Å². The number of hydrogen-bond acceptors (Lipinski definition) is 3. The van der Waals surface area contributed by atoms with Crippen molar-refractivity contribution >= 4 is 11.8 Å². The molecule has 1 saturated carbocycles. The van der Waals surface area contributed by atoms with Crippen molar-refractivity contribution in [3.8, 4) is 0 Å². The molecular weight excluding hydrogens is 438 g/mol. The number of rotatable bonds is 9. The number of Topliss-reactive ketones (excluding diaryl/α,β-unsaturated/α-hetero) is 1. The molecule has 5 heteroatoms. The third-order valence-corrected chi connectivity index (χ3v) is 8.62. The second-order valence-electron chi connectivity index (χ2n) is 10.7. The van der Waals surface area contributed by atoms with E-state index in [0.29, 0.717) is 29.9 Å². The van der Waals surface area contributed by atoms with Crippen LogP contribution in [0.3, 0.4) is 0 Å². The minimum absolute atomic E-state index is 0.0315. The van der Waals surface area contributed by atoms with E-state index in [2.05, 4.69) is 49.2 Å². The fourth-order valence-corrected chi connectivity index (χ4v) is 6.63. The first kappa shape index (κ1) is 25.7. The van der Waals surface area contributed by atoms with E-state index in [1.54, 1.807) is 0 Å². The van der Waals surface area contributed by atoms with E-state index in [0.717, 1.165) is 25.7 Å². The molecule has 190 valence electrons. The third kappa shape index (κ3) is 5.55. The smallest absolute Gasteiger partial charge is 0.309 e. The molecule has 0 bridgehead atoms. The minimum atomic E-state index is -0.764. The summed E-state index contributed by atoms with van der Waals surface area (Å²) in [6, 6.07) is 3.78. The monoisotopic (exact) mass is 479 g/mol. The fraction of sp³-hybridized carbons (Fsp3) is 0.600. The van der Waals surface area contributed by atoms with Gasteiger partial charge in [-0.15, -0.1) is 0 Å². The summed E-state index contributed by atoms with van der Waals surface area (Å²) in [5, 5.41) is 9.62. The Labute approximate surface area is 209 Å². The van der Waals surface area contributed by atoms with Crippen LogP contribution in [0.5, 0.6) is 0 Å². The van der Waals surface area contributed by atoms with Gasteiger partial charge >= 0.3 is 5.97 Å². The molecule has 0 aromatic carbocycles. The van der Waals surface area contributed by atoms with Crippen LogP contribution >= 0.6 is 0 Å². The first-order chi connectivity index (χ1) is 16.9. The van der Waals surface area contributed by atoms with E-state index in [1.165, 1.54) is 18.4 Å². The quantitative estimate of drug-likeness (QED) is 0.237. The van der Waals surface area contributed by atoms with Crippen LogP contribution in [0.15, 0.2) is 54.3 Å². The molecule has 0 radical (unpaired) electrons. The summed E-state index contributed by atoms with van der Waals surface area (Å²) in [4.78, 5) is 28.3. The van der Waals surface area contributed by atoms with E-state index < -0.39 is 11.9 Å². The summed E-state index contributed by atoms with van der Waals surface area (Å²) in [7, 11) is 0. The summed E-state index contributed by atoms with van der Waals surface area (Å²) < 4.78 is 6.42. The van der Waals surface area contributed by atoms with Crippen LogP contribution in [0, 0.1) is 35.5 Å². The lowest BCUT2D eigenvalue weighted by atomic mass is 9.69. The number of H-pyrrole nitrogens is 1. The predicted octanol–water partition coefficient (Wildman–Crippen LogP) is 6.60. The zero-order chi connectivity index (χ0) is 24.9. The topological polar surface area (TPSA) is 79.4 Å². The number of fused-ring (bicyclic) bond motifs is 1. The van der Waals surface area contributed by atoms with Crippen LogP contribution in [0.1, 0.15) is 76.2 Å². The second kappa shape index (κ2) is 11.6. The molecule has 8 unspecified atom stereocenters. The average Bonchev–Trinajstić information content (AvgIpc) is 3.55. The molecular formula is C30H41NO4. The van der Waals surface area contributed by atoms with Crippen LogP contribution in [0.2, 0.25) is 0 Å². The van der Waals surface area contributed by atoms with Crippen LogP contribution in [0.25, 0.3) is 0 Å². The van der Waals surface area contributed by atoms with Crippen LogP contribution < -0.4 is 0 Å². The van der Waals surface area contributed by atoms with Crippen molar-refractivity contribution in [2.45, 2.75) is 77.9 Å². The van der Waals surface area contributed by atoms with Crippen molar-refractivity contribution in [2.24, 2.45) is 35.5 Å². The number of hydrogen-bond donors (Lipinski definition) is 2. The zero-order valence-corrected chi connectivity index (χ0v) is 21.4. The number of carbonyl (C=O) groups excluding carboxylic acids is 1. The van der Waals surface area contributed by atoms with Crippen LogP contribution in [-0.4, -0.2) is 34.1 Å². The Kier molecular flexibility index (Phi) is 8.48. The maximum atomic E-state index is 13.5. The lowest BCUT2D eigenvalue weighted by Gasteiger charge is -2.38. The van der Waals surface area contributed by atoms with Gasteiger partial charge in [0, 0.05) is 18.0 Å². The number of carbonyl (C=O) groups is 2. The molecule has 0 amide bonds. The van der Waals surface area contributed by atoms with Gasteiger partial charge in [-0.2, -0.15) is 0 Å². The molecule has 2 N–H and O–H groups in total. The Morgan fingerprint density at radius 3 is 2.71 bits per heavy atom. The lowest BCUT2D eigenvalue weighted by molar-refractivity contribution is -0.154. The first-order valence-corrected chi connectivity index (χ1v) is 13.6. The molecule has 0 spiro atoms. The van der Waals surface area contributed by atoms with Gasteiger partial charge in [-0.25, -0.2) is 0 Å². The highest BCUT2D eigenvalue weighted by Gasteiger charge is 2.42. The molecule has 1 saturated heterocycles. The molecule has 1 aromatic heterocycles. The summed E-state index contributed by atoms with van der Waals surface area (Å²) in [6.45, 7) is 6.26. The number of aromatic amines is 1. The molecule has 4 rings (SSSR count). The SMILES string of the molecule is CC/C(=C/C=C/C1C=CC2CCCC2C1C(=O)c1ccc[nH]1)C1OC(C(CC)C(=O)O)CCC1C. The zero-order valence-electron chi connectivity index (χ0n) is 21.4. The number of carboxylic acid groups (broad SMARTS) is 1. The maximum absolute atomic E-state index is 13.5. The predicted molar refractivity (Wildman–Crippen MR) is 138 cm³/mol. The van der Waals surface area contributed by atoms with Crippen molar-refractivity contribution < 1.29 is 19.4 Å². The van der Waals surface area contributed by atoms with E-state index in [1.807, 2.05) is 25.3 Å². The normalized spacial score (nSPS) is 34.1. The van der Waals surface area contributed by atoms with Gasteiger partial charge in [-0.3, -0.25) is 9.59 Å². The highest BCUT2D eigenvalue weighted by atomic mass is 16.5. The molecule has 8 atom stereocenters. The van der Waals surface area contributed by atoms with Gasteiger partial charge < -0.3 is 14.8 Å². The van der Waals surface area contributed by atoms with Crippen molar-refractivity contribution in [3.05, 3.63) is 60.0 Å². The highest BCUT2D eigenvalue weighted by Crippen LogP contribution is 2.46. The Bertz CT molecular complexity index is 959. The molecule has 2 heterocycles. The molecule has 35 heavy (non-hydrogen) atoms. The molecule has 1 aromatic rings. The number of carboxylic acids is 1. The molecule has 1 aliphatic heterocycles. The van der Waals surface area contributed by atoms with Crippen molar-refractivity contribution in [3.63, 3.8) is 0 Å². The van der Waals surface area contributed by atoms with E-state index in [4.69, 9.17) is 4.74 Å². The van der Waals surface area contributed by atoms with Crippen molar-refractivity contribution in [2.75, 3.05) is 0 Å². The Hall–Kier alpha value is -2.40. The number of nitrogens with one attached hydrogen (secondary N) is 1. The Morgan fingerprint density at radius 1 is 1.20 bits per heavy atom. The molecule has 2 aliphatic carbocycles. The summed E-state index contributed by atoms with van der Waals surface area (Å²) in [5.41, 5.74) is 1.91. The number of ketones is 1. The Balaban J connectivity index is 1.53. The number of allylic oxidation sites excluding steroid dienone is 5. The van der Waals surface area contributed by atoms with Gasteiger partial charge in [0.05, 0.1) is 23.8 Å². The second-order valence-corrected chi connectivity index (χ2v) is 10.7. The van der Waals surface area contributed by atoms with E-state index in [9.17, 15) is 14.7 Å². The minimum Gasteiger partial charge on any atom is -0.481 e. The van der Waals surface area contributed by atoms with E-state index in [-0.39, 0.29) is 29.8 Å². The fourth-order valence-electron chi connectivity index (χ4n) is 6.63. The van der Waals surface area contributed by atoms with E-state index >= 15 is 0 Å². The number of aromatic nitrogens is 1. The van der Waals surface area contributed by atoms with Crippen LogP contribution in [-0.2, 0) is 9.53 Å². The average molecular weight is 480 g/mol. The lowest BCUT2D eigenvalue weighted by Crippen LogP contribution is -2.41. The Morgan fingerprint density at radius 2 is 2.03 bits per heavy atom. The van der Waals surface area contributed by atoms with Crippen LogP contribution in [0.4, 0.5) is 0 Å². The van der Waals surface area contributed by atoms with Gasteiger partial charge in [0.1, 0.15) is 0 Å². The largest absolute Gasteiger partial charge is 0.481 e. The molecule has 2 fully saturated rings. The van der Waals surface area contributed by atoms with Crippen molar-refractivity contribution in [1.29, 1.82) is 0 Å². The summed E-state index contributed by atoms with van der Waals surface area (Å²) in [6.07, 6.45) is 19.2. The summed E-state index contributed by atoms with van der Waals surface area (Å²) >= 11 is 0. The van der Waals surface area contributed by atoms with Gasteiger partial charge in [0.25, 0.3) is 0 Å². The highest BCUT2D eigenvalue weighted by molar-refractivity contribution is 5.97. The number of aliphatic carboxylic acids is 1. The van der Waals surface area contributed by atoms with Gasteiger partial charge in [-0.05, 0) is 74.0 Å². The van der Waals surface area contributed by atoms with Gasteiger partial charge in [0.15, 0.2) is 5.78 Å². The molecule has 3 aliphatic rings. The first-order valence-electron chi connectivity index (χ1n) is 13.6. The number of ether oxygens (including phenoxy) is 1. The third-order valence-electron chi connectivity index (χ3n) is 8.62. The molecule has 5 nitrogen and oxygen atoms in total. The standard InChI is InChI=1S/C30H41NO4/c1-4-20(29-19(3)14-17-26(35-29)23(5-2)30(33)34)9-6-11-22-16-15-21-10-7-12-24(21)27(22)28(32)25-13-8-18-31-25/h6,8-9,11,13,15-16,18-19,21-24,26-27,29,31H,4-5,7,10,12,14,17H2,1-3H3,(H,33,34)/b11-6+,20-9-. The summed E-state index contributed by atoms with van der Waals surface area (Å²) in [5.74, 6) is 0.323. The maximum Gasteiger partial charge on any atom is 0.309 e.